The van der Waals surface area contributed by atoms with Gasteiger partial charge in [-0.15, -0.1) is 0 Å². The van der Waals surface area contributed by atoms with E-state index in [-0.39, 0.29) is 5.91 Å². The number of aromatic nitrogens is 2. The van der Waals surface area contributed by atoms with Crippen LogP contribution in [-0.2, 0) is 0 Å². The molecule has 0 fully saturated rings. The lowest BCUT2D eigenvalue weighted by Crippen LogP contribution is -2.30. The van der Waals surface area contributed by atoms with Crippen molar-refractivity contribution < 1.29 is 9.53 Å². The molecule has 0 aliphatic carbocycles. The maximum absolute atomic E-state index is 12.2. The summed E-state index contributed by atoms with van der Waals surface area (Å²) in [5, 5.41) is 3.60. The summed E-state index contributed by atoms with van der Waals surface area (Å²) in [6.45, 7) is 5.16. The van der Waals surface area contributed by atoms with Gasteiger partial charge in [-0.25, -0.2) is 9.97 Å². The SMILES string of the molecule is CCN(CC)C(=O)c1cnc(Nc2cc(Cl)ccc2OC)nc1. The number of carbonyl (C=O) groups excluding carboxylic acids is 1. The molecule has 0 spiro atoms. The Morgan fingerprint density at radius 3 is 2.48 bits per heavy atom. The van der Waals surface area contributed by atoms with Crippen molar-refractivity contribution in [3.63, 3.8) is 0 Å². The zero-order valence-electron chi connectivity index (χ0n) is 13.3. The second kappa shape index (κ2) is 7.78. The quantitative estimate of drug-likeness (QED) is 0.877. The topological polar surface area (TPSA) is 67.4 Å². The minimum Gasteiger partial charge on any atom is -0.495 e. The maximum Gasteiger partial charge on any atom is 0.256 e. The molecular formula is C16H19ClN4O2. The highest BCUT2D eigenvalue weighted by Crippen LogP contribution is 2.29. The van der Waals surface area contributed by atoms with Gasteiger partial charge in [0, 0.05) is 30.5 Å². The molecule has 0 saturated heterocycles. The third-order valence-corrected chi connectivity index (χ3v) is 3.59. The number of nitrogens with zero attached hydrogens (tertiary/aromatic N) is 3. The summed E-state index contributed by atoms with van der Waals surface area (Å²) >= 11 is 5.99. The number of methoxy groups -OCH3 is 1. The molecule has 0 radical (unpaired) electrons. The first-order valence-corrected chi connectivity index (χ1v) is 7.68. The van der Waals surface area contributed by atoms with Crippen LogP contribution in [-0.4, -0.2) is 41.0 Å². The number of halogens is 1. The van der Waals surface area contributed by atoms with Crippen LogP contribution in [0.2, 0.25) is 5.02 Å². The third kappa shape index (κ3) is 4.10. The largest absolute Gasteiger partial charge is 0.495 e. The van der Waals surface area contributed by atoms with Crippen molar-refractivity contribution in [3.05, 3.63) is 41.2 Å². The van der Waals surface area contributed by atoms with Crippen LogP contribution in [0.5, 0.6) is 5.75 Å². The van der Waals surface area contributed by atoms with Gasteiger partial charge in [0.15, 0.2) is 0 Å². The first-order valence-electron chi connectivity index (χ1n) is 7.30. The number of carbonyl (C=O) groups is 1. The molecule has 2 rings (SSSR count). The molecule has 1 amide bonds. The number of benzene rings is 1. The lowest BCUT2D eigenvalue weighted by Gasteiger charge is -2.18. The van der Waals surface area contributed by atoms with Gasteiger partial charge in [-0.3, -0.25) is 4.79 Å². The van der Waals surface area contributed by atoms with Crippen LogP contribution in [0.15, 0.2) is 30.6 Å². The minimum atomic E-state index is -0.0816. The molecule has 1 N–H and O–H groups in total. The van der Waals surface area contributed by atoms with E-state index in [2.05, 4.69) is 15.3 Å². The molecule has 0 saturated carbocycles. The summed E-state index contributed by atoms with van der Waals surface area (Å²) < 4.78 is 5.26. The average Bonchev–Trinajstić information content (AvgIpc) is 2.57. The van der Waals surface area contributed by atoms with Crippen molar-refractivity contribution in [1.29, 1.82) is 0 Å². The number of ether oxygens (including phenoxy) is 1. The fourth-order valence-electron chi connectivity index (χ4n) is 2.09. The predicted molar refractivity (Wildman–Crippen MR) is 90.6 cm³/mol. The smallest absolute Gasteiger partial charge is 0.256 e. The van der Waals surface area contributed by atoms with Crippen LogP contribution in [0.25, 0.3) is 0 Å². The van der Waals surface area contributed by atoms with E-state index in [1.54, 1.807) is 30.2 Å². The summed E-state index contributed by atoms with van der Waals surface area (Å²) in [6.07, 6.45) is 3.01. The van der Waals surface area contributed by atoms with Crippen LogP contribution in [0.1, 0.15) is 24.2 Å². The molecule has 122 valence electrons. The van der Waals surface area contributed by atoms with Crippen molar-refractivity contribution in [3.8, 4) is 5.75 Å². The molecular weight excluding hydrogens is 316 g/mol. The lowest BCUT2D eigenvalue weighted by atomic mass is 10.3. The Morgan fingerprint density at radius 1 is 1.26 bits per heavy atom. The van der Waals surface area contributed by atoms with Crippen LogP contribution in [0.3, 0.4) is 0 Å². The molecule has 0 bridgehead atoms. The van der Waals surface area contributed by atoms with Gasteiger partial charge in [0.25, 0.3) is 5.91 Å². The standard InChI is InChI=1S/C16H19ClN4O2/c1-4-21(5-2)15(22)11-9-18-16(19-10-11)20-13-8-12(17)6-7-14(13)23-3/h6-10H,4-5H2,1-3H3,(H,18,19,20). The molecule has 1 heterocycles. The fraction of sp³-hybridized carbons (Fsp3) is 0.312. The monoisotopic (exact) mass is 334 g/mol. The van der Waals surface area contributed by atoms with Gasteiger partial charge in [-0.05, 0) is 32.0 Å². The second-order valence-corrected chi connectivity index (χ2v) is 5.18. The van der Waals surface area contributed by atoms with E-state index in [0.717, 1.165) is 0 Å². The lowest BCUT2D eigenvalue weighted by molar-refractivity contribution is 0.0772. The normalized spacial score (nSPS) is 10.3. The molecule has 1 aromatic heterocycles. The first kappa shape index (κ1) is 17.0. The Bertz CT molecular complexity index is 672. The number of nitrogens with one attached hydrogen (secondary N) is 1. The number of amides is 1. The Morgan fingerprint density at radius 2 is 1.91 bits per heavy atom. The Balaban J connectivity index is 2.17. The zero-order valence-corrected chi connectivity index (χ0v) is 14.1. The zero-order chi connectivity index (χ0) is 16.8. The summed E-state index contributed by atoms with van der Waals surface area (Å²) in [5.41, 5.74) is 1.11. The Hall–Kier alpha value is -2.34. The number of hydrogen-bond donors (Lipinski definition) is 1. The highest BCUT2D eigenvalue weighted by molar-refractivity contribution is 6.31. The summed E-state index contributed by atoms with van der Waals surface area (Å²) in [7, 11) is 1.57. The van der Waals surface area contributed by atoms with E-state index < -0.39 is 0 Å². The molecule has 7 heteroatoms. The van der Waals surface area contributed by atoms with Crippen LogP contribution >= 0.6 is 11.6 Å². The number of hydrogen-bond acceptors (Lipinski definition) is 5. The van der Waals surface area contributed by atoms with Crippen LogP contribution in [0.4, 0.5) is 11.6 Å². The Kier molecular flexibility index (Phi) is 5.76. The maximum atomic E-state index is 12.2. The van der Waals surface area contributed by atoms with Crippen LogP contribution in [0, 0.1) is 0 Å². The number of anilines is 2. The predicted octanol–water partition coefficient (Wildman–Crippen LogP) is 3.36. The van der Waals surface area contributed by atoms with Gasteiger partial charge in [-0.1, -0.05) is 11.6 Å². The molecule has 2 aromatic rings. The van der Waals surface area contributed by atoms with Gasteiger partial charge in [0.1, 0.15) is 5.75 Å². The summed E-state index contributed by atoms with van der Waals surface area (Å²) in [6, 6.07) is 5.21. The fourth-order valence-corrected chi connectivity index (χ4v) is 2.27. The average molecular weight is 335 g/mol. The molecule has 23 heavy (non-hydrogen) atoms. The molecule has 0 atom stereocenters. The highest BCUT2D eigenvalue weighted by Gasteiger charge is 2.13. The molecule has 6 nitrogen and oxygen atoms in total. The van der Waals surface area contributed by atoms with Crippen molar-refractivity contribution in [2.24, 2.45) is 0 Å². The van der Waals surface area contributed by atoms with Gasteiger partial charge >= 0.3 is 0 Å². The van der Waals surface area contributed by atoms with Crippen molar-refractivity contribution >= 4 is 29.1 Å². The second-order valence-electron chi connectivity index (χ2n) is 4.74. The van der Waals surface area contributed by atoms with Crippen molar-refractivity contribution in [2.75, 3.05) is 25.5 Å². The van der Waals surface area contributed by atoms with Crippen molar-refractivity contribution in [1.82, 2.24) is 14.9 Å². The van der Waals surface area contributed by atoms with E-state index in [9.17, 15) is 4.79 Å². The molecule has 0 unspecified atom stereocenters. The third-order valence-electron chi connectivity index (χ3n) is 3.36. The summed E-state index contributed by atoms with van der Waals surface area (Å²) in [4.78, 5) is 22.3. The number of rotatable bonds is 6. The van der Waals surface area contributed by atoms with E-state index >= 15 is 0 Å². The van der Waals surface area contributed by atoms with Gasteiger partial charge in [0.2, 0.25) is 5.95 Å². The molecule has 1 aromatic carbocycles. The van der Waals surface area contributed by atoms with E-state index in [1.807, 2.05) is 13.8 Å². The molecule has 0 aliphatic heterocycles. The van der Waals surface area contributed by atoms with Crippen LogP contribution < -0.4 is 10.1 Å². The molecule has 0 aliphatic rings. The van der Waals surface area contributed by atoms with Crippen molar-refractivity contribution in [2.45, 2.75) is 13.8 Å². The van der Waals surface area contributed by atoms with E-state index in [1.165, 1.54) is 12.4 Å². The Labute approximate surface area is 140 Å². The summed E-state index contributed by atoms with van der Waals surface area (Å²) in [5.74, 6) is 0.907. The van der Waals surface area contributed by atoms with E-state index in [4.69, 9.17) is 16.3 Å². The first-order chi connectivity index (χ1) is 11.1. The highest BCUT2D eigenvalue weighted by atomic mass is 35.5. The van der Waals surface area contributed by atoms with E-state index in [0.29, 0.717) is 41.1 Å². The minimum absolute atomic E-state index is 0.0816. The van der Waals surface area contributed by atoms with Gasteiger partial charge in [-0.2, -0.15) is 0 Å². The van der Waals surface area contributed by atoms with Gasteiger partial charge < -0.3 is 15.0 Å². The van der Waals surface area contributed by atoms with Gasteiger partial charge in [0.05, 0.1) is 18.4 Å².